The molecule has 1 saturated heterocycles. The van der Waals surface area contributed by atoms with Gasteiger partial charge in [0.2, 0.25) is 0 Å². The van der Waals surface area contributed by atoms with Crippen molar-refractivity contribution in [2.24, 2.45) is 0 Å². The van der Waals surface area contributed by atoms with Gasteiger partial charge in [-0.1, -0.05) is 0 Å². The molecule has 0 amide bonds. The number of rotatable bonds is 8. The summed E-state index contributed by atoms with van der Waals surface area (Å²) in [5.41, 5.74) is -0.748. The quantitative estimate of drug-likeness (QED) is 0.382. The number of ether oxygens (including phenoxy) is 1. The van der Waals surface area contributed by atoms with Crippen LogP contribution in [0, 0.1) is 0 Å². The van der Waals surface area contributed by atoms with Crippen molar-refractivity contribution in [2.45, 2.75) is 31.1 Å². The minimum atomic E-state index is -4.28. The van der Waals surface area contributed by atoms with Crippen molar-refractivity contribution >= 4 is 10.1 Å². The third-order valence-corrected chi connectivity index (χ3v) is 4.28. The van der Waals surface area contributed by atoms with Crippen molar-refractivity contribution < 1.29 is 33.0 Å². The van der Waals surface area contributed by atoms with Crippen LogP contribution in [0.4, 0.5) is 0 Å². The van der Waals surface area contributed by atoms with Crippen molar-refractivity contribution in [1.82, 2.24) is 4.90 Å². The lowest BCUT2D eigenvalue weighted by Gasteiger charge is -2.39. The number of aliphatic hydroxyl groups excluding tert-OH is 3. The Bertz CT molecular complexity index is 402. The molecular weight excluding hydrogens is 290 g/mol. The second-order valence-electron chi connectivity index (χ2n) is 5.28. The zero-order valence-corrected chi connectivity index (χ0v) is 12.3. The van der Waals surface area contributed by atoms with E-state index in [4.69, 9.17) is 14.4 Å². The number of β-amino-alcohol motifs (C(OH)–C–C–N with tert-alkyl or cyclic N) is 2. The molecule has 0 saturated carbocycles. The molecule has 4 N–H and O–H groups in total. The Labute approximate surface area is 118 Å². The van der Waals surface area contributed by atoms with E-state index in [1.54, 1.807) is 4.90 Å². The molecule has 1 fully saturated rings. The maximum absolute atomic E-state index is 10.8. The van der Waals surface area contributed by atoms with Gasteiger partial charge < -0.3 is 20.1 Å². The summed E-state index contributed by atoms with van der Waals surface area (Å²) >= 11 is 0. The lowest BCUT2D eigenvalue weighted by molar-refractivity contribution is -0.0135. The first-order valence-electron chi connectivity index (χ1n) is 6.44. The highest BCUT2D eigenvalue weighted by molar-refractivity contribution is 7.85. The topological polar surface area (TPSA) is 128 Å². The van der Waals surface area contributed by atoms with E-state index in [2.05, 4.69) is 0 Å². The van der Waals surface area contributed by atoms with Crippen LogP contribution < -0.4 is 0 Å². The molecule has 0 aromatic carbocycles. The summed E-state index contributed by atoms with van der Waals surface area (Å²) in [5.74, 6) is -0.785. The van der Waals surface area contributed by atoms with Crippen LogP contribution in [-0.2, 0) is 14.9 Å². The zero-order valence-electron chi connectivity index (χ0n) is 11.5. The Balaban J connectivity index is 2.77. The van der Waals surface area contributed by atoms with Gasteiger partial charge in [-0.05, 0) is 13.3 Å². The van der Waals surface area contributed by atoms with Crippen LogP contribution in [0.3, 0.4) is 0 Å². The molecule has 0 spiro atoms. The third kappa shape index (κ3) is 4.92. The van der Waals surface area contributed by atoms with E-state index >= 15 is 0 Å². The first-order valence-corrected chi connectivity index (χ1v) is 8.05. The molecule has 1 rings (SSSR count). The van der Waals surface area contributed by atoms with Crippen LogP contribution in [-0.4, -0.2) is 89.6 Å². The van der Waals surface area contributed by atoms with Crippen LogP contribution in [0.15, 0.2) is 0 Å². The second-order valence-corrected chi connectivity index (χ2v) is 6.78. The first-order chi connectivity index (χ1) is 9.22. The van der Waals surface area contributed by atoms with Gasteiger partial charge in [0.15, 0.2) is 0 Å². The Kier molecular flexibility index (Phi) is 6.32. The van der Waals surface area contributed by atoms with Crippen LogP contribution in [0.25, 0.3) is 0 Å². The molecule has 1 aliphatic rings. The smallest absolute Gasteiger partial charge is 0.267 e. The van der Waals surface area contributed by atoms with Crippen LogP contribution >= 0.6 is 0 Å². The van der Waals surface area contributed by atoms with Gasteiger partial charge in [0.25, 0.3) is 10.1 Å². The highest BCUT2D eigenvalue weighted by Gasteiger charge is 2.43. The molecule has 120 valence electrons. The first kappa shape index (κ1) is 17.8. The van der Waals surface area contributed by atoms with E-state index in [1.165, 1.54) is 0 Å². The highest BCUT2D eigenvalue weighted by Crippen LogP contribution is 2.30. The lowest BCUT2D eigenvalue weighted by atomic mass is 9.94. The van der Waals surface area contributed by atoms with E-state index in [-0.39, 0.29) is 39.0 Å². The standard InChI is InChI=1S/C11H23NO7S/c1-9-4-11(7-14,8-19-9)12(2-3-13)5-10(15)6-20(16,17)18/h9-10,13-15H,2-8H2,1H3,(H,16,17,18). The molecular formula is C11H23NO7S. The normalized spacial score (nSPS) is 29.0. The fraction of sp³-hybridized carbons (Fsp3) is 1.00. The van der Waals surface area contributed by atoms with Crippen molar-refractivity contribution in [2.75, 3.05) is 38.7 Å². The molecule has 0 bridgehead atoms. The molecule has 9 heteroatoms. The minimum absolute atomic E-state index is 0.0675. The third-order valence-electron chi connectivity index (χ3n) is 3.47. The van der Waals surface area contributed by atoms with Gasteiger partial charge in [0.1, 0.15) is 5.75 Å². The van der Waals surface area contributed by atoms with Crippen molar-refractivity contribution in [3.05, 3.63) is 0 Å². The highest BCUT2D eigenvalue weighted by atomic mass is 32.2. The maximum Gasteiger partial charge on any atom is 0.267 e. The van der Waals surface area contributed by atoms with Gasteiger partial charge in [-0.25, -0.2) is 0 Å². The summed E-state index contributed by atoms with van der Waals surface area (Å²) in [4.78, 5) is 1.62. The molecule has 3 atom stereocenters. The molecule has 0 aliphatic carbocycles. The lowest BCUT2D eigenvalue weighted by Crippen LogP contribution is -2.56. The Morgan fingerprint density at radius 1 is 1.45 bits per heavy atom. The number of hydrogen-bond donors (Lipinski definition) is 4. The minimum Gasteiger partial charge on any atom is -0.395 e. The predicted octanol–water partition coefficient (Wildman–Crippen LogP) is -1.93. The van der Waals surface area contributed by atoms with Gasteiger partial charge in [-0.2, -0.15) is 8.42 Å². The Hall–Kier alpha value is -0.290. The molecule has 8 nitrogen and oxygen atoms in total. The van der Waals surface area contributed by atoms with Crippen LogP contribution in [0.1, 0.15) is 13.3 Å². The van der Waals surface area contributed by atoms with E-state index < -0.39 is 27.5 Å². The summed E-state index contributed by atoms with van der Waals surface area (Å²) in [6, 6.07) is 0. The van der Waals surface area contributed by atoms with E-state index in [1.807, 2.05) is 6.92 Å². The maximum atomic E-state index is 10.8. The summed E-state index contributed by atoms with van der Waals surface area (Å²) in [6.07, 6.45) is -0.861. The van der Waals surface area contributed by atoms with Gasteiger partial charge in [-0.15, -0.1) is 0 Å². The van der Waals surface area contributed by atoms with E-state index in [0.717, 1.165) is 0 Å². The summed E-state index contributed by atoms with van der Waals surface area (Å²) < 4.78 is 35.7. The average molecular weight is 313 g/mol. The summed E-state index contributed by atoms with van der Waals surface area (Å²) in [7, 11) is -4.28. The van der Waals surface area contributed by atoms with Crippen LogP contribution in [0.5, 0.6) is 0 Å². The van der Waals surface area contributed by atoms with Gasteiger partial charge >= 0.3 is 0 Å². The van der Waals surface area contributed by atoms with E-state index in [0.29, 0.717) is 6.42 Å². The largest absolute Gasteiger partial charge is 0.395 e. The molecule has 0 radical (unpaired) electrons. The van der Waals surface area contributed by atoms with Crippen molar-refractivity contribution in [3.63, 3.8) is 0 Å². The van der Waals surface area contributed by atoms with Gasteiger partial charge in [0.05, 0.1) is 37.6 Å². The summed E-state index contributed by atoms with van der Waals surface area (Å²) in [5, 5.41) is 28.5. The number of aliphatic hydroxyl groups is 3. The van der Waals surface area contributed by atoms with Gasteiger partial charge in [-0.3, -0.25) is 9.45 Å². The Morgan fingerprint density at radius 2 is 2.10 bits per heavy atom. The molecule has 0 aromatic rings. The fourth-order valence-corrected chi connectivity index (χ4v) is 3.17. The summed E-state index contributed by atoms with van der Waals surface area (Å²) in [6.45, 7) is 1.74. The van der Waals surface area contributed by atoms with E-state index in [9.17, 15) is 18.6 Å². The van der Waals surface area contributed by atoms with Crippen molar-refractivity contribution in [3.8, 4) is 0 Å². The molecule has 1 aliphatic heterocycles. The molecule has 3 unspecified atom stereocenters. The second kappa shape index (κ2) is 7.12. The van der Waals surface area contributed by atoms with Crippen LogP contribution in [0.2, 0.25) is 0 Å². The molecule has 20 heavy (non-hydrogen) atoms. The SMILES string of the molecule is CC1CC(CO)(N(CCO)CC(O)CS(=O)(=O)O)CO1. The monoisotopic (exact) mass is 313 g/mol. The fourth-order valence-electron chi connectivity index (χ4n) is 2.57. The van der Waals surface area contributed by atoms with Crippen molar-refractivity contribution in [1.29, 1.82) is 0 Å². The van der Waals surface area contributed by atoms with Gasteiger partial charge in [0, 0.05) is 13.1 Å². The zero-order chi connectivity index (χ0) is 15.4. The molecule has 0 aromatic heterocycles. The predicted molar refractivity (Wildman–Crippen MR) is 70.9 cm³/mol. The average Bonchev–Trinajstić information content (AvgIpc) is 2.69. The number of hydrogen-bond acceptors (Lipinski definition) is 7. The molecule has 1 heterocycles. The number of nitrogens with zero attached hydrogens (tertiary/aromatic N) is 1. The Morgan fingerprint density at radius 3 is 2.50 bits per heavy atom.